The van der Waals surface area contributed by atoms with E-state index in [1.807, 2.05) is 50.2 Å². The van der Waals surface area contributed by atoms with E-state index in [1.165, 1.54) is 0 Å². The molecule has 2 aromatic rings. The highest BCUT2D eigenvalue weighted by Gasteiger charge is 1.92. The molecule has 0 aliphatic heterocycles. The topological polar surface area (TPSA) is 50.2 Å². The van der Waals surface area contributed by atoms with Gasteiger partial charge in [-0.25, -0.2) is 4.98 Å². The lowest BCUT2D eigenvalue weighted by Crippen LogP contribution is -1.96. The highest BCUT2D eigenvalue weighted by molar-refractivity contribution is 5.77. The van der Waals surface area contributed by atoms with E-state index in [9.17, 15) is 0 Å². The third kappa shape index (κ3) is 3.38. The molecule has 4 nitrogen and oxygen atoms in total. The van der Waals surface area contributed by atoms with Crippen LogP contribution in [-0.4, -0.2) is 16.2 Å². The Kier molecular flexibility index (Phi) is 3.45. The molecule has 0 radical (unpaired) electrons. The van der Waals surface area contributed by atoms with Gasteiger partial charge in [0.25, 0.3) is 0 Å². The number of nitrogens with one attached hydrogen (secondary N) is 1. The van der Waals surface area contributed by atoms with Crippen molar-refractivity contribution in [3.8, 4) is 0 Å². The Balaban J connectivity index is 2.03. The molecule has 0 spiro atoms. The maximum Gasteiger partial charge on any atom is 0.146 e. The van der Waals surface area contributed by atoms with Crippen molar-refractivity contribution in [2.24, 2.45) is 5.10 Å². The van der Waals surface area contributed by atoms with Crippen LogP contribution in [-0.2, 0) is 0 Å². The van der Waals surface area contributed by atoms with Crippen molar-refractivity contribution in [3.63, 3.8) is 0 Å². The SMILES string of the molecule is Cc1cccc(/C=N/Nc2cccc(C)n2)n1. The standard InChI is InChI=1S/C13H14N4/c1-10-5-3-7-12(15-10)9-14-17-13-8-4-6-11(2)16-13/h3-9H,1-2H3,(H,16,17)/b14-9+. The van der Waals surface area contributed by atoms with Crippen LogP contribution in [0.4, 0.5) is 5.82 Å². The molecule has 0 saturated carbocycles. The minimum atomic E-state index is 0.730. The zero-order chi connectivity index (χ0) is 12.1. The lowest BCUT2D eigenvalue weighted by atomic mass is 10.3. The van der Waals surface area contributed by atoms with E-state index in [2.05, 4.69) is 20.5 Å². The van der Waals surface area contributed by atoms with E-state index in [0.29, 0.717) is 0 Å². The van der Waals surface area contributed by atoms with Crippen LogP contribution in [0.1, 0.15) is 17.1 Å². The van der Waals surface area contributed by atoms with Gasteiger partial charge in [0.15, 0.2) is 0 Å². The van der Waals surface area contributed by atoms with Crippen molar-refractivity contribution in [1.82, 2.24) is 9.97 Å². The van der Waals surface area contributed by atoms with E-state index < -0.39 is 0 Å². The van der Waals surface area contributed by atoms with Gasteiger partial charge in [0.1, 0.15) is 5.82 Å². The second kappa shape index (κ2) is 5.21. The minimum Gasteiger partial charge on any atom is -0.261 e. The fourth-order valence-corrected chi connectivity index (χ4v) is 1.41. The maximum absolute atomic E-state index is 4.31. The lowest BCUT2D eigenvalue weighted by molar-refractivity contribution is 1.15. The number of hydrazone groups is 1. The number of anilines is 1. The summed E-state index contributed by atoms with van der Waals surface area (Å²) in [5.74, 6) is 0.730. The first-order valence-corrected chi connectivity index (χ1v) is 5.40. The third-order valence-electron chi connectivity index (χ3n) is 2.17. The first-order chi connectivity index (χ1) is 8.24. The summed E-state index contributed by atoms with van der Waals surface area (Å²) < 4.78 is 0. The highest BCUT2D eigenvalue weighted by Crippen LogP contribution is 2.03. The highest BCUT2D eigenvalue weighted by atomic mass is 15.3. The third-order valence-corrected chi connectivity index (χ3v) is 2.17. The van der Waals surface area contributed by atoms with E-state index in [0.717, 1.165) is 22.9 Å². The molecule has 0 aliphatic rings. The molecule has 2 rings (SSSR count). The quantitative estimate of drug-likeness (QED) is 0.646. The van der Waals surface area contributed by atoms with Gasteiger partial charge < -0.3 is 0 Å². The predicted molar refractivity (Wildman–Crippen MR) is 69.2 cm³/mol. The molecule has 1 N–H and O–H groups in total. The molecule has 0 atom stereocenters. The Labute approximate surface area is 100 Å². The van der Waals surface area contributed by atoms with Crippen molar-refractivity contribution in [2.75, 3.05) is 5.43 Å². The number of nitrogens with zero attached hydrogens (tertiary/aromatic N) is 3. The Hall–Kier alpha value is -2.23. The van der Waals surface area contributed by atoms with Crippen LogP contribution in [0, 0.1) is 13.8 Å². The average molecular weight is 226 g/mol. The lowest BCUT2D eigenvalue weighted by Gasteiger charge is -1.99. The molecule has 17 heavy (non-hydrogen) atoms. The zero-order valence-corrected chi connectivity index (χ0v) is 9.88. The number of rotatable bonds is 3. The van der Waals surface area contributed by atoms with Gasteiger partial charge in [0.2, 0.25) is 0 Å². The zero-order valence-electron chi connectivity index (χ0n) is 9.88. The van der Waals surface area contributed by atoms with E-state index in [-0.39, 0.29) is 0 Å². The van der Waals surface area contributed by atoms with Crippen LogP contribution in [0.15, 0.2) is 41.5 Å². The molecule has 0 saturated heterocycles. The molecule has 0 bridgehead atoms. The normalized spacial score (nSPS) is 10.7. The molecule has 2 aromatic heterocycles. The number of pyridine rings is 2. The summed E-state index contributed by atoms with van der Waals surface area (Å²) in [7, 11) is 0. The summed E-state index contributed by atoms with van der Waals surface area (Å²) >= 11 is 0. The van der Waals surface area contributed by atoms with Crippen LogP contribution < -0.4 is 5.43 Å². The van der Waals surface area contributed by atoms with E-state index in [1.54, 1.807) is 6.21 Å². The smallest absolute Gasteiger partial charge is 0.146 e. The van der Waals surface area contributed by atoms with Gasteiger partial charge in [-0.3, -0.25) is 10.4 Å². The van der Waals surface area contributed by atoms with Crippen LogP contribution >= 0.6 is 0 Å². The number of aromatic nitrogens is 2. The number of hydrogen-bond donors (Lipinski definition) is 1. The Morgan fingerprint density at radius 2 is 1.71 bits per heavy atom. The van der Waals surface area contributed by atoms with Crippen LogP contribution in [0.5, 0.6) is 0 Å². The van der Waals surface area contributed by atoms with Crippen LogP contribution in [0.2, 0.25) is 0 Å². The minimum absolute atomic E-state index is 0.730. The average Bonchev–Trinajstić information content (AvgIpc) is 2.29. The second-order valence-corrected chi connectivity index (χ2v) is 3.74. The van der Waals surface area contributed by atoms with Gasteiger partial charge in [0.05, 0.1) is 11.9 Å². The number of aryl methyl sites for hydroxylation is 2. The fraction of sp³-hybridized carbons (Fsp3) is 0.154. The van der Waals surface area contributed by atoms with Gasteiger partial charge in [0, 0.05) is 11.4 Å². The van der Waals surface area contributed by atoms with Gasteiger partial charge in [-0.2, -0.15) is 5.10 Å². The van der Waals surface area contributed by atoms with Crippen molar-refractivity contribution in [3.05, 3.63) is 53.5 Å². The largest absolute Gasteiger partial charge is 0.261 e. The van der Waals surface area contributed by atoms with Crippen molar-refractivity contribution in [2.45, 2.75) is 13.8 Å². The van der Waals surface area contributed by atoms with Crippen molar-refractivity contribution in [1.29, 1.82) is 0 Å². The van der Waals surface area contributed by atoms with Crippen molar-refractivity contribution < 1.29 is 0 Å². The molecule has 0 fully saturated rings. The molecule has 0 unspecified atom stereocenters. The molecule has 0 aromatic carbocycles. The molecule has 0 amide bonds. The Morgan fingerprint density at radius 3 is 2.41 bits per heavy atom. The summed E-state index contributed by atoms with van der Waals surface area (Å²) in [5, 5.41) is 4.09. The summed E-state index contributed by atoms with van der Waals surface area (Å²) in [4.78, 5) is 8.59. The fourth-order valence-electron chi connectivity index (χ4n) is 1.41. The molecule has 4 heteroatoms. The second-order valence-electron chi connectivity index (χ2n) is 3.74. The summed E-state index contributed by atoms with van der Waals surface area (Å²) in [5.41, 5.74) is 5.63. The van der Waals surface area contributed by atoms with Crippen LogP contribution in [0.25, 0.3) is 0 Å². The van der Waals surface area contributed by atoms with Crippen molar-refractivity contribution >= 4 is 12.0 Å². The van der Waals surface area contributed by atoms with Gasteiger partial charge in [-0.1, -0.05) is 12.1 Å². The molecular formula is C13H14N4. The predicted octanol–water partition coefficient (Wildman–Crippen LogP) is 2.54. The first kappa shape index (κ1) is 11.3. The van der Waals surface area contributed by atoms with Gasteiger partial charge >= 0.3 is 0 Å². The van der Waals surface area contributed by atoms with E-state index >= 15 is 0 Å². The summed E-state index contributed by atoms with van der Waals surface area (Å²) in [6.45, 7) is 3.89. The maximum atomic E-state index is 4.31. The monoisotopic (exact) mass is 226 g/mol. The van der Waals surface area contributed by atoms with Crippen LogP contribution in [0.3, 0.4) is 0 Å². The summed E-state index contributed by atoms with van der Waals surface area (Å²) in [6, 6.07) is 11.6. The van der Waals surface area contributed by atoms with Gasteiger partial charge in [-0.05, 0) is 38.1 Å². The Bertz CT molecular complexity index is 534. The summed E-state index contributed by atoms with van der Waals surface area (Å²) in [6.07, 6.45) is 1.68. The molecule has 2 heterocycles. The van der Waals surface area contributed by atoms with Gasteiger partial charge in [-0.15, -0.1) is 0 Å². The number of hydrogen-bond acceptors (Lipinski definition) is 4. The first-order valence-electron chi connectivity index (χ1n) is 5.40. The molecule has 86 valence electrons. The molecule has 0 aliphatic carbocycles. The Morgan fingerprint density at radius 1 is 1.00 bits per heavy atom. The molecular weight excluding hydrogens is 212 g/mol. The van der Waals surface area contributed by atoms with E-state index in [4.69, 9.17) is 0 Å².